The molecule has 2 N–H and O–H groups in total. The summed E-state index contributed by atoms with van der Waals surface area (Å²) in [5.41, 5.74) is 0.875. The summed E-state index contributed by atoms with van der Waals surface area (Å²) in [4.78, 5) is 13.4. The summed E-state index contributed by atoms with van der Waals surface area (Å²) in [6.45, 7) is 3.93. The molecule has 2 saturated heterocycles. The molecule has 8 heteroatoms. The molecule has 1 saturated carbocycles. The predicted octanol–water partition coefficient (Wildman–Crippen LogP) is 6.11. The van der Waals surface area contributed by atoms with Crippen LogP contribution in [0.3, 0.4) is 0 Å². The standard InChI is InChI=1S/C36H39F3N2O3/c1-23-22-35(43,40-33(42)28(36(37,38)39)20-25-12-7-4-8-13-25)32-31-26(23)21-29-27-14-9-15-30(44-32)34(27,31)17-19-41(29,2)18-16-24-10-5-3-6-11-24/h3-8,10-13,20,22,27,29-30,32,43H,9,14-19,21H2,1-2H3/p+1/t27-,29+,30-,32?,34+,35?,41?/m0/s1. The number of hydrogen-bond donors (Lipinski definition) is 2. The van der Waals surface area contributed by atoms with Gasteiger partial charge in [-0.15, -0.1) is 0 Å². The second-order valence-electron chi connectivity index (χ2n) is 13.7. The van der Waals surface area contributed by atoms with Crippen LogP contribution in [0.4, 0.5) is 13.2 Å². The lowest BCUT2D eigenvalue weighted by Gasteiger charge is -2.62. The fourth-order valence-electron chi connectivity index (χ4n) is 9.33. The van der Waals surface area contributed by atoms with Crippen molar-refractivity contribution in [1.29, 1.82) is 0 Å². The van der Waals surface area contributed by atoms with Gasteiger partial charge in [-0.2, -0.15) is 13.2 Å². The summed E-state index contributed by atoms with van der Waals surface area (Å²) >= 11 is 0. The van der Waals surface area contributed by atoms with Crippen LogP contribution in [0.1, 0.15) is 50.2 Å². The van der Waals surface area contributed by atoms with Crippen LogP contribution in [0.2, 0.25) is 0 Å². The highest BCUT2D eigenvalue weighted by Gasteiger charge is 2.71. The second-order valence-corrected chi connectivity index (χ2v) is 13.7. The molecule has 44 heavy (non-hydrogen) atoms. The third-order valence-corrected chi connectivity index (χ3v) is 11.4. The van der Waals surface area contributed by atoms with Gasteiger partial charge in [0.05, 0.1) is 32.3 Å². The third-order valence-electron chi connectivity index (χ3n) is 11.4. The fourth-order valence-corrected chi connectivity index (χ4v) is 9.33. The number of nitrogens with zero attached hydrogens (tertiary/aromatic N) is 1. The Labute approximate surface area is 256 Å². The first-order valence-corrected chi connectivity index (χ1v) is 15.8. The van der Waals surface area contributed by atoms with Crippen molar-refractivity contribution in [2.75, 3.05) is 20.1 Å². The van der Waals surface area contributed by atoms with E-state index in [4.69, 9.17) is 4.74 Å². The van der Waals surface area contributed by atoms with Crippen molar-refractivity contribution in [2.45, 2.75) is 75.6 Å². The highest BCUT2D eigenvalue weighted by atomic mass is 19.4. The molecule has 3 unspecified atom stereocenters. The van der Waals surface area contributed by atoms with Crippen molar-refractivity contribution in [3.8, 4) is 0 Å². The van der Waals surface area contributed by atoms with E-state index in [1.165, 1.54) is 29.3 Å². The normalized spacial score (nSPS) is 36.0. The molecule has 0 radical (unpaired) electrons. The maximum absolute atomic E-state index is 14.2. The number of quaternary nitrogens is 1. The zero-order valence-corrected chi connectivity index (χ0v) is 25.2. The quantitative estimate of drug-likeness (QED) is 0.237. The van der Waals surface area contributed by atoms with E-state index < -0.39 is 29.5 Å². The number of ether oxygens (including phenoxy) is 1. The first kappa shape index (κ1) is 29.5. The van der Waals surface area contributed by atoms with E-state index in [2.05, 4.69) is 36.6 Å². The topological polar surface area (TPSA) is 58.6 Å². The molecule has 5 nitrogen and oxygen atoms in total. The van der Waals surface area contributed by atoms with Crippen LogP contribution in [0.15, 0.2) is 89.0 Å². The molecule has 1 spiro atoms. The average molecular weight is 606 g/mol. The number of halogens is 3. The van der Waals surface area contributed by atoms with E-state index in [1.54, 1.807) is 18.2 Å². The van der Waals surface area contributed by atoms with Gasteiger partial charge in [-0.25, -0.2) is 0 Å². The number of benzene rings is 2. The lowest BCUT2D eigenvalue weighted by atomic mass is 9.49. The summed E-state index contributed by atoms with van der Waals surface area (Å²) in [6, 6.07) is 18.9. The molecule has 2 bridgehead atoms. The van der Waals surface area contributed by atoms with Crippen LogP contribution in [-0.2, 0) is 16.0 Å². The summed E-state index contributed by atoms with van der Waals surface area (Å²) in [5, 5.41) is 14.5. The molecular weight excluding hydrogens is 565 g/mol. The minimum atomic E-state index is -4.91. The zero-order valence-electron chi connectivity index (χ0n) is 25.2. The van der Waals surface area contributed by atoms with Gasteiger partial charge in [0.1, 0.15) is 11.7 Å². The monoisotopic (exact) mass is 605 g/mol. The molecule has 2 aromatic carbocycles. The van der Waals surface area contributed by atoms with Gasteiger partial charge >= 0.3 is 6.18 Å². The number of aliphatic hydroxyl groups is 1. The number of carbonyl (C=O) groups is 1. The van der Waals surface area contributed by atoms with Gasteiger partial charge in [0.25, 0.3) is 5.91 Å². The second kappa shape index (κ2) is 10.4. The molecule has 2 aliphatic heterocycles. The number of piperidine rings is 1. The number of allylic oxidation sites excluding steroid dienone is 1. The molecule has 7 atom stereocenters. The van der Waals surface area contributed by atoms with E-state index in [9.17, 15) is 23.1 Å². The Morgan fingerprint density at radius 3 is 2.52 bits per heavy atom. The lowest BCUT2D eigenvalue weighted by Crippen LogP contribution is -2.69. The van der Waals surface area contributed by atoms with Crippen molar-refractivity contribution >= 4 is 12.0 Å². The Hall–Kier alpha value is -3.20. The SMILES string of the molecule is CC1=CC(O)(NC(=O)C(=Cc2ccccc2)C(F)(F)F)C2O[C@H]3CCC[C@H]4[C@H]5CC1=C2[C@@]34CC[N+]5(C)CCc1ccccc1. The van der Waals surface area contributed by atoms with Gasteiger partial charge in [0.2, 0.25) is 0 Å². The number of hydrogen-bond acceptors (Lipinski definition) is 3. The van der Waals surface area contributed by atoms with Crippen LogP contribution in [0, 0.1) is 11.3 Å². The van der Waals surface area contributed by atoms with Gasteiger partial charge in [-0.1, -0.05) is 67.1 Å². The summed E-state index contributed by atoms with van der Waals surface area (Å²) in [6.07, 6.45) is 2.07. The number of likely N-dealkylation sites (N-methyl/N-ethyl adjacent to an activating group) is 1. The number of carbonyl (C=O) groups excluding carboxylic acids is 1. The van der Waals surface area contributed by atoms with Crippen LogP contribution in [0.5, 0.6) is 0 Å². The Bertz CT molecular complexity index is 1550. The molecule has 0 aromatic heterocycles. The van der Waals surface area contributed by atoms with Crippen molar-refractivity contribution < 1.29 is 32.3 Å². The number of alkyl halides is 3. The Balaban J connectivity index is 1.23. The fraction of sp³-hybridized carbons (Fsp3) is 0.472. The summed E-state index contributed by atoms with van der Waals surface area (Å²) < 4.78 is 50.2. The summed E-state index contributed by atoms with van der Waals surface area (Å²) in [7, 11) is 2.39. The first-order chi connectivity index (χ1) is 20.9. The van der Waals surface area contributed by atoms with Crippen molar-refractivity contribution in [1.82, 2.24) is 5.32 Å². The van der Waals surface area contributed by atoms with Gasteiger partial charge < -0.3 is 19.6 Å². The van der Waals surface area contributed by atoms with E-state index in [0.717, 1.165) is 73.3 Å². The van der Waals surface area contributed by atoms with Crippen molar-refractivity contribution in [3.63, 3.8) is 0 Å². The molecule has 232 valence electrons. The minimum Gasteiger partial charge on any atom is -0.365 e. The largest absolute Gasteiger partial charge is 0.421 e. The Morgan fingerprint density at radius 2 is 1.82 bits per heavy atom. The predicted molar refractivity (Wildman–Crippen MR) is 162 cm³/mol. The Morgan fingerprint density at radius 1 is 1.11 bits per heavy atom. The highest BCUT2D eigenvalue weighted by Crippen LogP contribution is 2.67. The smallest absolute Gasteiger partial charge is 0.365 e. The molecule has 2 heterocycles. The molecule has 1 amide bonds. The molecule has 3 fully saturated rings. The van der Waals surface area contributed by atoms with Crippen molar-refractivity contribution in [2.24, 2.45) is 11.3 Å². The van der Waals surface area contributed by atoms with Gasteiger partial charge in [0.15, 0.2) is 5.72 Å². The Kier molecular flexibility index (Phi) is 6.99. The third kappa shape index (κ3) is 4.60. The van der Waals surface area contributed by atoms with E-state index in [0.29, 0.717) is 12.0 Å². The molecule has 2 aromatic rings. The lowest BCUT2D eigenvalue weighted by molar-refractivity contribution is -0.945. The maximum Gasteiger partial charge on any atom is 0.421 e. The van der Waals surface area contributed by atoms with Gasteiger partial charge in [-0.05, 0) is 59.8 Å². The van der Waals surface area contributed by atoms with E-state index in [-0.39, 0.29) is 17.1 Å². The highest BCUT2D eigenvalue weighted by molar-refractivity contribution is 5.99. The van der Waals surface area contributed by atoms with Crippen LogP contribution in [0.25, 0.3) is 6.08 Å². The van der Waals surface area contributed by atoms with E-state index in [1.807, 2.05) is 13.0 Å². The number of rotatable bonds is 6. The van der Waals surface area contributed by atoms with Crippen LogP contribution >= 0.6 is 0 Å². The van der Waals surface area contributed by atoms with Crippen molar-refractivity contribution in [3.05, 3.63) is 100 Å². The van der Waals surface area contributed by atoms with E-state index >= 15 is 0 Å². The number of nitrogens with one attached hydrogen (secondary N) is 1. The maximum atomic E-state index is 14.2. The minimum absolute atomic E-state index is 0.133. The molecule has 3 aliphatic carbocycles. The van der Waals surface area contributed by atoms with Gasteiger partial charge in [-0.3, -0.25) is 4.79 Å². The molecular formula is C36H40F3N2O3+. The number of amides is 1. The van der Waals surface area contributed by atoms with Crippen LogP contribution < -0.4 is 5.32 Å². The van der Waals surface area contributed by atoms with Gasteiger partial charge in [0, 0.05) is 30.6 Å². The zero-order chi connectivity index (χ0) is 30.9. The van der Waals surface area contributed by atoms with Crippen LogP contribution in [-0.4, -0.2) is 65.8 Å². The summed E-state index contributed by atoms with van der Waals surface area (Å²) in [5.74, 6) is -1.01. The molecule has 7 rings (SSSR count). The first-order valence-electron chi connectivity index (χ1n) is 15.8. The average Bonchev–Trinajstić information content (AvgIpc) is 3.34. The molecule has 5 aliphatic rings. The number of likely N-dealkylation sites (tertiary alicyclic amines) is 1.